The summed E-state index contributed by atoms with van der Waals surface area (Å²) in [6.45, 7) is 0. The van der Waals surface area contributed by atoms with Crippen molar-refractivity contribution in [3.8, 4) is 11.3 Å². The second-order valence-corrected chi connectivity index (χ2v) is 5.53. The van der Waals surface area contributed by atoms with E-state index in [2.05, 4.69) is 42.0 Å². The highest BCUT2D eigenvalue weighted by atomic mass is 127. The van der Waals surface area contributed by atoms with Crippen LogP contribution in [0.25, 0.3) is 22.4 Å². The van der Waals surface area contributed by atoms with Crippen LogP contribution in [0, 0.1) is 5.95 Å². The minimum Gasteiger partial charge on any atom is -0.287 e. The van der Waals surface area contributed by atoms with Crippen molar-refractivity contribution in [1.82, 2.24) is 24.3 Å². The maximum atomic E-state index is 13.7. The van der Waals surface area contributed by atoms with E-state index in [1.807, 2.05) is 4.34 Å². The quantitative estimate of drug-likeness (QED) is 0.394. The molecule has 0 saturated heterocycles. The van der Waals surface area contributed by atoms with Crippen molar-refractivity contribution in [3.63, 3.8) is 0 Å². The van der Waals surface area contributed by atoms with Crippen LogP contribution in [-0.2, 0) is 0 Å². The van der Waals surface area contributed by atoms with Crippen LogP contribution in [0.3, 0.4) is 0 Å². The van der Waals surface area contributed by atoms with E-state index in [0.29, 0.717) is 28.8 Å². The molecule has 3 heterocycles. The molecule has 0 N–H and O–H groups in total. The van der Waals surface area contributed by atoms with Gasteiger partial charge in [0.05, 0.1) is 11.9 Å². The van der Waals surface area contributed by atoms with Crippen LogP contribution in [0.4, 0.5) is 4.39 Å². The number of halogens is 2. The highest BCUT2D eigenvalue weighted by Crippen LogP contribution is 2.31. The number of hydrogen-bond acceptors (Lipinski definition) is 4. The second kappa shape index (κ2) is 4.81. The monoisotopic (exact) mass is 373 g/mol. The van der Waals surface area contributed by atoms with E-state index in [4.69, 9.17) is 0 Å². The minimum absolute atomic E-state index is 0.340. The number of fused-ring (bicyclic) bond motifs is 1. The summed E-state index contributed by atoms with van der Waals surface area (Å²) in [7, 11) is 0. The summed E-state index contributed by atoms with van der Waals surface area (Å²) in [4.78, 5) is 16.2. The highest BCUT2D eigenvalue weighted by molar-refractivity contribution is 14.2. The summed E-state index contributed by atoms with van der Waals surface area (Å²) < 4.78 is 15.6. The van der Waals surface area contributed by atoms with Crippen molar-refractivity contribution in [2.75, 3.05) is 0 Å². The van der Waals surface area contributed by atoms with Crippen molar-refractivity contribution in [3.05, 3.63) is 36.9 Å². The zero-order chi connectivity index (χ0) is 12.5. The lowest BCUT2D eigenvalue weighted by Crippen LogP contribution is -1.93. The van der Waals surface area contributed by atoms with Gasteiger partial charge >= 0.3 is 0 Å². The average molecular weight is 373 g/mol. The number of nitrogens with zero attached hydrogens (tertiary/aromatic N) is 5. The molecule has 3 aromatic heterocycles. The molecule has 90 valence electrons. The van der Waals surface area contributed by atoms with Gasteiger partial charge in [0.1, 0.15) is 23.9 Å². The number of imidazole rings is 1. The fourth-order valence-corrected chi connectivity index (χ4v) is 3.06. The molecule has 8 heteroatoms. The average Bonchev–Trinajstić information content (AvgIpc) is 2.82. The van der Waals surface area contributed by atoms with Gasteiger partial charge in [0, 0.05) is 6.20 Å². The van der Waals surface area contributed by atoms with E-state index in [-0.39, 0.29) is 0 Å². The third-order valence-corrected chi connectivity index (χ3v) is 4.51. The Bertz CT molecular complexity index is 716. The first-order valence-corrected chi connectivity index (χ1v) is 9.03. The van der Waals surface area contributed by atoms with E-state index in [1.54, 1.807) is 18.5 Å². The van der Waals surface area contributed by atoms with Gasteiger partial charge in [-0.25, -0.2) is 19.9 Å². The molecule has 18 heavy (non-hydrogen) atoms. The second-order valence-electron chi connectivity index (χ2n) is 3.44. The molecule has 0 saturated carbocycles. The molecule has 0 bridgehead atoms. The van der Waals surface area contributed by atoms with Gasteiger partial charge in [-0.3, -0.25) is 4.34 Å². The summed E-state index contributed by atoms with van der Waals surface area (Å²) in [6, 6.07) is 3.30. The SMILES string of the molecule is Fc1ncccc1-c1ncnc2c1ncn2PI. The fraction of sp³-hybridized carbons (Fsp3) is 0. The zero-order valence-electron chi connectivity index (χ0n) is 8.88. The fourth-order valence-electron chi connectivity index (χ4n) is 1.66. The Labute approximate surface area is 116 Å². The Morgan fingerprint density at radius 2 is 2.11 bits per heavy atom. The van der Waals surface area contributed by atoms with Gasteiger partial charge in [-0.05, 0) is 34.2 Å². The molecule has 0 aliphatic heterocycles. The molecule has 1 atom stereocenters. The largest absolute Gasteiger partial charge is 0.287 e. The Hall–Kier alpha value is -1.21. The van der Waals surface area contributed by atoms with Gasteiger partial charge in [0.2, 0.25) is 5.95 Å². The van der Waals surface area contributed by atoms with Crippen molar-refractivity contribution in [1.29, 1.82) is 0 Å². The van der Waals surface area contributed by atoms with Crippen molar-refractivity contribution >= 4 is 39.6 Å². The van der Waals surface area contributed by atoms with Crippen molar-refractivity contribution in [2.45, 2.75) is 0 Å². The molecule has 0 aliphatic rings. The normalized spacial score (nSPS) is 11.7. The van der Waals surface area contributed by atoms with Gasteiger partial charge in [0.25, 0.3) is 0 Å². The molecule has 1 unspecified atom stereocenters. The van der Waals surface area contributed by atoms with Crippen molar-refractivity contribution in [2.24, 2.45) is 0 Å². The van der Waals surface area contributed by atoms with Gasteiger partial charge in [-0.2, -0.15) is 4.39 Å². The number of aromatic nitrogens is 5. The number of hydrogen-bond donors (Lipinski definition) is 0. The molecular formula is C10H6FIN5P. The van der Waals surface area contributed by atoms with Crippen LogP contribution in [0.5, 0.6) is 0 Å². The predicted octanol–water partition coefficient (Wildman–Crippen LogP) is 2.82. The summed E-state index contributed by atoms with van der Waals surface area (Å²) in [5, 5.41) is 0. The molecule has 0 spiro atoms. The minimum atomic E-state index is -0.552. The van der Waals surface area contributed by atoms with Crippen LogP contribution in [0.15, 0.2) is 31.0 Å². The predicted molar refractivity (Wildman–Crippen MR) is 76.2 cm³/mol. The topological polar surface area (TPSA) is 56.5 Å². The highest BCUT2D eigenvalue weighted by Gasteiger charge is 2.14. The molecule has 3 rings (SSSR count). The van der Waals surface area contributed by atoms with E-state index >= 15 is 0 Å². The summed E-state index contributed by atoms with van der Waals surface area (Å²) in [5.74, 6) is -0.552. The van der Waals surface area contributed by atoms with Crippen LogP contribution in [-0.4, -0.2) is 24.3 Å². The van der Waals surface area contributed by atoms with Crippen LogP contribution >= 0.6 is 28.4 Å². The lowest BCUT2D eigenvalue weighted by atomic mass is 10.2. The standard InChI is InChI=1S/C10H6FIN5P/c11-9-6(2-1-3-13-9)7-8-10(15-4-14-7)17(18-12)5-16-8/h1-5,18H. The molecule has 0 radical (unpaired) electrons. The third kappa shape index (κ3) is 1.87. The molecular weight excluding hydrogens is 367 g/mol. The Morgan fingerprint density at radius 1 is 1.22 bits per heavy atom. The zero-order valence-corrected chi connectivity index (χ0v) is 12.0. The Kier molecular flexibility index (Phi) is 3.17. The van der Waals surface area contributed by atoms with Crippen LogP contribution in [0.1, 0.15) is 0 Å². The molecule has 3 aromatic rings. The molecule has 0 amide bonds. The smallest absolute Gasteiger partial charge is 0.222 e. The first kappa shape index (κ1) is 11.9. The van der Waals surface area contributed by atoms with E-state index < -0.39 is 5.95 Å². The lowest BCUT2D eigenvalue weighted by Gasteiger charge is -2.02. The summed E-state index contributed by atoms with van der Waals surface area (Å²) >= 11 is 2.24. The van der Waals surface area contributed by atoms with E-state index in [1.165, 1.54) is 12.5 Å². The molecule has 5 nitrogen and oxygen atoms in total. The van der Waals surface area contributed by atoms with E-state index in [0.717, 1.165) is 0 Å². The van der Waals surface area contributed by atoms with Gasteiger partial charge < -0.3 is 0 Å². The van der Waals surface area contributed by atoms with Gasteiger partial charge in [-0.15, -0.1) is 0 Å². The maximum absolute atomic E-state index is 13.7. The van der Waals surface area contributed by atoms with Crippen molar-refractivity contribution < 1.29 is 4.39 Å². The Morgan fingerprint density at radius 3 is 2.89 bits per heavy atom. The molecule has 0 aliphatic carbocycles. The lowest BCUT2D eigenvalue weighted by molar-refractivity contribution is 0.587. The molecule has 0 fully saturated rings. The first-order valence-electron chi connectivity index (χ1n) is 4.97. The van der Waals surface area contributed by atoms with Gasteiger partial charge in [-0.1, -0.05) is 0 Å². The molecule has 0 aromatic carbocycles. The third-order valence-electron chi connectivity index (χ3n) is 2.44. The number of rotatable bonds is 2. The first-order chi connectivity index (χ1) is 8.81. The maximum Gasteiger partial charge on any atom is 0.222 e. The summed E-state index contributed by atoms with van der Waals surface area (Å²) in [5.41, 5.74) is 2.11. The van der Waals surface area contributed by atoms with Gasteiger partial charge in [0.15, 0.2) is 5.65 Å². The Balaban J connectivity index is 2.30. The number of pyridine rings is 1. The van der Waals surface area contributed by atoms with Crippen LogP contribution < -0.4 is 0 Å². The summed E-state index contributed by atoms with van der Waals surface area (Å²) in [6.07, 6.45) is 4.99. The van der Waals surface area contributed by atoms with Crippen LogP contribution in [0.2, 0.25) is 0 Å². The van der Waals surface area contributed by atoms with E-state index in [9.17, 15) is 4.39 Å².